The molecule has 1 atom stereocenters. The Bertz CT molecular complexity index is 634. The molecular formula is C18H20FNO. The minimum absolute atomic E-state index is 0.227. The van der Waals surface area contributed by atoms with Crippen LogP contribution >= 0.6 is 0 Å². The summed E-state index contributed by atoms with van der Waals surface area (Å²) in [7, 11) is 0. The lowest BCUT2D eigenvalue weighted by molar-refractivity contribution is 0.102. The summed E-state index contributed by atoms with van der Waals surface area (Å²) < 4.78 is 13.2. The van der Waals surface area contributed by atoms with E-state index in [0.717, 1.165) is 12.1 Å². The van der Waals surface area contributed by atoms with Gasteiger partial charge in [-0.2, -0.15) is 0 Å². The first-order chi connectivity index (χ1) is 10.0. The van der Waals surface area contributed by atoms with Gasteiger partial charge in [0.2, 0.25) is 0 Å². The fraction of sp³-hybridized carbons (Fsp3) is 0.278. The first-order valence-electron chi connectivity index (χ1n) is 7.18. The highest BCUT2D eigenvalue weighted by Gasteiger charge is 2.09. The Labute approximate surface area is 125 Å². The maximum Gasteiger partial charge on any atom is 0.255 e. The van der Waals surface area contributed by atoms with Crippen molar-refractivity contribution in [3.05, 3.63) is 65.0 Å². The third-order valence-corrected chi connectivity index (χ3v) is 3.77. The van der Waals surface area contributed by atoms with Crippen LogP contribution in [0.1, 0.15) is 47.7 Å². The molecule has 0 aliphatic rings. The number of aryl methyl sites for hydroxylation is 1. The van der Waals surface area contributed by atoms with Gasteiger partial charge in [0.25, 0.3) is 5.91 Å². The van der Waals surface area contributed by atoms with Crippen molar-refractivity contribution in [3.63, 3.8) is 0 Å². The maximum absolute atomic E-state index is 13.2. The van der Waals surface area contributed by atoms with E-state index in [1.807, 2.05) is 24.3 Å². The van der Waals surface area contributed by atoms with Crippen LogP contribution in [-0.4, -0.2) is 5.91 Å². The second-order valence-electron chi connectivity index (χ2n) is 5.35. The molecule has 21 heavy (non-hydrogen) atoms. The molecule has 1 unspecified atom stereocenters. The molecule has 0 aliphatic heterocycles. The summed E-state index contributed by atoms with van der Waals surface area (Å²) in [4.78, 5) is 12.1. The van der Waals surface area contributed by atoms with Gasteiger partial charge < -0.3 is 5.32 Å². The fourth-order valence-corrected chi connectivity index (χ4v) is 2.12. The van der Waals surface area contributed by atoms with Gasteiger partial charge in [-0.15, -0.1) is 0 Å². The largest absolute Gasteiger partial charge is 0.322 e. The summed E-state index contributed by atoms with van der Waals surface area (Å²) in [6.07, 6.45) is 1.08. The highest BCUT2D eigenvalue weighted by Crippen LogP contribution is 2.21. The molecular weight excluding hydrogens is 265 g/mol. The van der Waals surface area contributed by atoms with Crippen LogP contribution < -0.4 is 5.32 Å². The quantitative estimate of drug-likeness (QED) is 0.850. The second kappa shape index (κ2) is 6.53. The Morgan fingerprint density at radius 1 is 1.19 bits per heavy atom. The van der Waals surface area contributed by atoms with E-state index >= 15 is 0 Å². The molecule has 3 heteroatoms. The average molecular weight is 285 g/mol. The van der Waals surface area contributed by atoms with E-state index in [1.165, 1.54) is 17.7 Å². The molecule has 0 fully saturated rings. The maximum atomic E-state index is 13.2. The van der Waals surface area contributed by atoms with Crippen LogP contribution in [0.15, 0.2) is 42.5 Å². The monoisotopic (exact) mass is 285 g/mol. The van der Waals surface area contributed by atoms with Crippen LogP contribution in [0.2, 0.25) is 0 Å². The molecule has 2 aromatic rings. The third kappa shape index (κ3) is 3.69. The summed E-state index contributed by atoms with van der Waals surface area (Å²) in [6.45, 7) is 5.97. The lowest BCUT2D eigenvalue weighted by Gasteiger charge is -2.11. The van der Waals surface area contributed by atoms with E-state index in [4.69, 9.17) is 0 Å². The fourth-order valence-electron chi connectivity index (χ4n) is 2.12. The smallest absolute Gasteiger partial charge is 0.255 e. The predicted molar refractivity (Wildman–Crippen MR) is 84.2 cm³/mol. The Balaban J connectivity index is 2.10. The van der Waals surface area contributed by atoms with Crippen molar-refractivity contribution in [3.8, 4) is 0 Å². The second-order valence-corrected chi connectivity index (χ2v) is 5.35. The van der Waals surface area contributed by atoms with Gasteiger partial charge in [0.1, 0.15) is 5.82 Å². The lowest BCUT2D eigenvalue weighted by atomic mass is 9.98. The highest BCUT2D eigenvalue weighted by atomic mass is 19.1. The standard InChI is InChI=1S/C18H20FNO/c1-4-12(2)14-5-8-16(9-6-14)20-18(21)15-7-10-17(19)13(3)11-15/h5-12H,4H2,1-3H3,(H,20,21). The van der Waals surface area contributed by atoms with E-state index in [9.17, 15) is 9.18 Å². The van der Waals surface area contributed by atoms with Crippen LogP contribution in [-0.2, 0) is 0 Å². The minimum atomic E-state index is -0.301. The number of hydrogen-bond acceptors (Lipinski definition) is 1. The first kappa shape index (κ1) is 15.2. The normalized spacial score (nSPS) is 12.0. The van der Waals surface area contributed by atoms with Gasteiger partial charge in [-0.05, 0) is 60.7 Å². The summed E-state index contributed by atoms with van der Waals surface area (Å²) in [5.74, 6) is -0.0201. The number of amides is 1. The zero-order chi connectivity index (χ0) is 15.4. The van der Waals surface area contributed by atoms with Gasteiger partial charge in [0.15, 0.2) is 0 Å². The Hall–Kier alpha value is -2.16. The van der Waals surface area contributed by atoms with Crippen molar-refractivity contribution in [2.24, 2.45) is 0 Å². The first-order valence-corrected chi connectivity index (χ1v) is 7.18. The summed E-state index contributed by atoms with van der Waals surface area (Å²) in [5.41, 5.74) is 2.93. The zero-order valence-corrected chi connectivity index (χ0v) is 12.6. The zero-order valence-electron chi connectivity index (χ0n) is 12.6. The molecule has 0 heterocycles. The minimum Gasteiger partial charge on any atom is -0.322 e. The molecule has 110 valence electrons. The summed E-state index contributed by atoms with van der Waals surface area (Å²) in [6, 6.07) is 12.2. The van der Waals surface area contributed by atoms with Crippen LogP contribution in [0.5, 0.6) is 0 Å². The van der Waals surface area contributed by atoms with Gasteiger partial charge in [-0.3, -0.25) is 4.79 Å². The number of carbonyl (C=O) groups excluding carboxylic acids is 1. The highest BCUT2D eigenvalue weighted by molar-refractivity contribution is 6.04. The molecule has 0 aliphatic carbocycles. The van der Waals surface area contributed by atoms with Crippen molar-refractivity contribution in [2.45, 2.75) is 33.1 Å². The van der Waals surface area contributed by atoms with Gasteiger partial charge in [-0.1, -0.05) is 26.0 Å². The van der Waals surface area contributed by atoms with Crippen LogP contribution in [0.3, 0.4) is 0 Å². The van der Waals surface area contributed by atoms with Gasteiger partial charge >= 0.3 is 0 Å². The number of carbonyl (C=O) groups is 1. The summed E-state index contributed by atoms with van der Waals surface area (Å²) in [5, 5.41) is 2.83. The number of halogens is 1. The van der Waals surface area contributed by atoms with E-state index in [0.29, 0.717) is 17.0 Å². The van der Waals surface area contributed by atoms with Crippen molar-refractivity contribution >= 4 is 11.6 Å². The number of rotatable bonds is 4. The number of benzene rings is 2. The van der Waals surface area contributed by atoms with Gasteiger partial charge in [0, 0.05) is 11.3 Å². The van der Waals surface area contributed by atoms with Gasteiger partial charge in [0.05, 0.1) is 0 Å². The van der Waals surface area contributed by atoms with E-state index < -0.39 is 0 Å². The molecule has 0 spiro atoms. The van der Waals surface area contributed by atoms with E-state index in [-0.39, 0.29) is 11.7 Å². The van der Waals surface area contributed by atoms with E-state index in [2.05, 4.69) is 19.2 Å². The molecule has 0 saturated heterocycles. The molecule has 0 radical (unpaired) electrons. The van der Waals surface area contributed by atoms with Crippen molar-refractivity contribution < 1.29 is 9.18 Å². The molecule has 1 N–H and O–H groups in total. The lowest BCUT2D eigenvalue weighted by Crippen LogP contribution is -2.12. The topological polar surface area (TPSA) is 29.1 Å². The average Bonchev–Trinajstić information content (AvgIpc) is 2.50. The molecule has 0 bridgehead atoms. The van der Waals surface area contributed by atoms with Crippen LogP contribution in [0.4, 0.5) is 10.1 Å². The number of nitrogens with one attached hydrogen (secondary N) is 1. The predicted octanol–water partition coefficient (Wildman–Crippen LogP) is 4.90. The molecule has 0 saturated carbocycles. The van der Waals surface area contributed by atoms with Crippen LogP contribution in [0, 0.1) is 12.7 Å². The SMILES string of the molecule is CCC(C)c1ccc(NC(=O)c2ccc(F)c(C)c2)cc1. The third-order valence-electron chi connectivity index (χ3n) is 3.77. The number of hydrogen-bond donors (Lipinski definition) is 1. The van der Waals surface area contributed by atoms with Gasteiger partial charge in [-0.25, -0.2) is 4.39 Å². The summed E-state index contributed by atoms with van der Waals surface area (Å²) >= 11 is 0. The van der Waals surface area contributed by atoms with Crippen molar-refractivity contribution in [1.29, 1.82) is 0 Å². The molecule has 1 amide bonds. The Morgan fingerprint density at radius 3 is 2.43 bits per heavy atom. The molecule has 2 aromatic carbocycles. The van der Waals surface area contributed by atoms with Crippen molar-refractivity contribution in [2.75, 3.05) is 5.32 Å². The number of anilines is 1. The van der Waals surface area contributed by atoms with E-state index in [1.54, 1.807) is 13.0 Å². The molecule has 0 aromatic heterocycles. The van der Waals surface area contributed by atoms with Crippen LogP contribution in [0.25, 0.3) is 0 Å². The molecule has 2 rings (SSSR count). The Kier molecular flexibility index (Phi) is 4.73. The molecule has 2 nitrogen and oxygen atoms in total. The Morgan fingerprint density at radius 2 is 1.86 bits per heavy atom. The van der Waals surface area contributed by atoms with Crippen molar-refractivity contribution in [1.82, 2.24) is 0 Å².